The molecule has 7 heteroatoms. The summed E-state index contributed by atoms with van der Waals surface area (Å²) in [4.78, 5) is 24.7. The minimum absolute atomic E-state index is 0.0970. The van der Waals surface area contributed by atoms with Gasteiger partial charge < -0.3 is 15.5 Å². The van der Waals surface area contributed by atoms with Crippen LogP contribution >= 0.6 is 0 Å². The predicted molar refractivity (Wildman–Crippen MR) is 80.6 cm³/mol. The Morgan fingerprint density at radius 1 is 1.48 bits per heavy atom. The van der Waals surface area contributed by atoms with Crippen molar-refractivity contribution in [2.24, 2.45) is 0 Å². The Hall–Kier alpha value is -2.15. The van der Waals surface area contributed by atoms with Crippen LogP contribution in [0.3, 0.4) is 0 Å². The van der Waals surface area contributed by atoms with Crippen LogP contribution in [0.1, 0.15) is 23.2 Å². The van der Waals surface area contributed by atoms with Gasteiger partial charge in [-0.1, -0.05) is 0 Å². The zero-order valence-electron chi connectivity index (χ0n) is 12.3. The fraction of sp³-hybridized carbons (Fsp3) is 0.500. The average molecular weight is 292 g/mol. The van der Waals surface area contributed by atoms with Gasteiger partial charge in [0, 0.05) is 37.8 Å². The van der Waals surface area contributed by atoms with Crippen LogP contribution in [-0.4, -0.2) is 49.0 Å². The number of hydrogen-bond donors (Lipinski definition) is 2. The number of benzene rings is 1. The van der Waals surface area contributed by atoms with E-state index in [9.17, 15) is 14.9 Å². The highest BCUT2D eigenvalue weighted by Gasteiger charge is 2.25. The molecule has 1 saturated carbocycles. The van der Waals surface area contributed by atoms with Gasteiger partial charge in [0.25, 0.3) is 11.6 Å². The van der Waals surface area contributed by atoms with Crippen molar-refractivity contribution in [2.45, 2.75) is 18.9 Å². The van der Waals surface area contributed by atoms with Crippen molar-refractivity contribution in [3.05, 3.63) is 33.9 Å². The molecule has 0 bridgehead atoms. The van der Waals surface area contributed by atoms with Gasteiger partial charge in [-0.25, -0.2) is 0 Å². The second-order valence-electron chi connectivity index (χ2n) is 5.21. The molecule has 0 unspecified atom stereocenters. The zero-order valence-corrected chi connectivity index (χ0v) is 12.3. The van der Waals surface area contributed by atoms with E-state index in [4.69, 9.17) is 0 Å². The highest BCUT2D eigenvalue weighted by Crippen LogP contribution is 2.25. The van der Waals surface area contributed by atoms with Gasteiger partial charge >= 0.3 is 0 Å². The van der Waals surface area contributed by atoms with E-state index in [2.05, 4.69) is 15.5 Å². The largest absolute Gasteiger partial charge is 0.383 e. The normalized spacial score (nSPS) is 14.0. The Morgan fingerprint density at radius 3 is 2.76 bits per heavy atom. The third-order valence-electron chi connectivity index (χ3n) is 3.65. The zero-order chi connectivity index (χ0) is 15.4. The molecule has 21 heavy (non-hydrogen) atoms. The molecule has 0 heterocycles. The molecule has 0 radical (unpaired) electrons. The number of nitro benzene ring substituents is 1. The first-order valence-electron chi connectivity index (χ1n) is 6.97. The summed E-state index contributed by atoms with van der Waals surface area (Å²) >= 11 is 0. The van der Waals surface area contributed by atoms with Gasteiger partial charge in [0.2, 0.25) is 0 Å². The molecule has 7 nitrogen and oxygen atoms in total. The molecule has 1 amide bonds. The summed E-state index contributed by atoms with van der Waals surface area (Å²) in [5.41, 5.74) is 0.597. The van der Waals surface area contributed by atoms with E-state index in [0.29, 0.717) is 23.8 Å². The van der Waals surface area contributed by atoms with Crippen molar-refractivity contribution in [1.29, 1.82) is 0 Å². The van der Waals surface area contributed by atoms with Crippen molar-refractivity contribution >= 4 is 17.3 Å². The molecule has 1 aromatic rings. The molecule has 114 valence electrons. The molecule has 0 spiro atoms. The smallest absolute Gasteiger partial charge is 0.293 e. The van der Waals surface area contributed by atoms with Crippen LogP contribution in [0.4, 0.5) is 11.4 Å². The Bertz CT molecular complexity index is 543. The van der Waals surface area contributed by atoms with E-state index < -0.39 is 4.92 Å². The van der Waals surface area contributed by atoms with Gasteiger partial charge in [-0.05, 0) is 32.0 Å². The number of amides is 1. The summed E-state index contributed by atoms with van der Waals surface area (Å²) < 4.78 is 0. The summed E-state index contributed by atoms with van der Waals surface area (Å²) in [6, 6.07) is 5.08. The van der Waals surface area contributed by atoms with Crippen LogP contribution in [0, 0.1) is 10.1 Å². The van der Waals surface area contributed by atoms with Crippen molar-refractivity contribution in [1.82, 2.24) is 10.2 Å². The number of rotatable bonds is 7. The molecule has 0 saturated heterocycles. The first-order valence-corrected chi connectivity index (χ1v) is 6.97. The number of nitrogens with zero attached hydrogens (tertiary/aromatic N) is 2. The second kappa shape index (κ2) is 6.53. The maximum Gasteiger partial charge on any atom is 0.293 e. The number of nitrogens with one attached hydrogen (secondary N) is 2. The maximum atomic E-state index is 12.0. The number of carbonyl (C=O) groups is 1. The first-order chi connectivity index (χ1) is 10.0. The lowest BCUT2D eigenvalue weighted by Gasteiger charge is -2.15. The summed E-state index contributed by atoms with van der Waals surface area (Å²) in [6.07, 6.45) is 2.45. The number of anilines is 1. The quantitative estimate of drug-likeness (QED) is 0.587. The fourth-order valence-corrected chi connectivity index (χ4v) is 2.18. The van der Waals surface area contributed by atoms with Crippen molar-refractivity contribution in [3.63, 3.8) is 0 Å². The minimum Gasteiger partial charge on any atom is -0.383 e. The van der Waals surface area contributed by atoms with E-state index in [1.807, 2.05) is 7.05 Å². The van der Waals surface area contributed by atoms with E-state index in [1.165, 1.54) is 18.9 Å². The Balaban J connectivity index is 1.95. The summed E-state index contributed by atoms with van der Waals surface area (Å²) in [6.45, 7) is 1.32. The van der Waals surface area contributed by atoms with Crippen LogP contribution in [0.5, 0.6) is 0 Å². The summed E-state index contributed by atoms with van der Waals surface area (Å²) in [7, 11) is 3.65. The van der Waals surface area contributed by atoms with Gasteiger partial charge in [-0.2, -0.15) is 0 Å². The molecule has 1 aliphatic carbocycles. The predicted octanol–water partition coefficient (Wildman–Crippen LogP) is 1.46. The Labute approximate surface area is 123 Å². The van der Waals surface area contributed by atoms with Gasteiger partial charge in [0.1, 0.15) is 5.69 Å². The van der Waals surface area contributed by atoms with E-state index in [-0.39, 0.29) is 11.6 Å². The fourth-order valence-electron chi connectivity index (χ4n) is 2.18. The lowest BCUT2D eigenvalue weighted by atomic mass is 10.1. The number of nitro groups is 1. The molecular formula is C14H20N4O3. The number of likely N-dealkylation sites (N-methyl/N-ethyl adjacent to an activating group) is 1. The molecule has 1 fully saturated rings. The maximum absolute atomic E-state index is 12.0. The number of carbonyl (C=O) groups excluding carboxylic acids is 1. The van der Waals surface area contributed by atoms with Gasteiger partial charge in [0.05, 0.1) is 4.92 Å². The molecule has 0 atom stereocenters. The lowest BCUT2D eigenvalue weighted by molar-refractivity contribution is -0.384. The highest BCUT2D eigenvalue weighted by molar-refractivity contribution is 5.95. The molecule has 2 rings (SSSR count). The monoisotopic (exact) mass is 292 g/mol. The minimum atomic E-state index is -0.497. The number of hydrogen-bond acceptors (Lipinski definition) is 5. The van der Waals surface area contributed by atoms with Crippen LogP contribution < -0.4 is 10.6 Å². The SMILES string of the molecule is CNc1ccc(C(=O)NCCN(C)C2CC2)cc1[N+](=O)[O-]. The molecule has 0 aliphatic heterocycles. The van der Waals surface area contributed by atoms with Crippen LogP contribution in [-0.2, 0) is 0 Å². The van der Waals surface area contributed by atoms with Crippen LogP contribution in [0.25, 0.3) is 0 Å². The molecule has 0 aromatic heterocycles. The Kier molecular flexibility index (Phi) is 4.74. The van der Waals surface area contributed by atoms with Crippen molar-refractivity contribution in [2.75, 3.05) is 32.5 Å². The van der Waals surface area contributed by atoms with Crippen molar-refractivity contribution < 1.29 is 9.72 Å². The highest BCUT2D eigenvalue weighted by atomic mass is 16.6. The third kappa shape index (κ3) is 3.91. The average Bonchev–Trinajstić information content (AvgIpc) is 3.30. The third-order valence-corrected chi connectivity index (χ3v) is 3.65. The van der Waals surface area contributed by atoms with E-state index >= 15 is 0 Å². The standard InChI is InChI=1S/C14H20N4O3/c1-15-12-6-3-10(9-13(12)18(20)21)14(19)16-7-8-17(2)11-4-5-11/h3,6,9,11,15H,4-5,7-8H2,1-2H3,(H,16,19). The Morgan fingerprint density at radius 2 is 2.19 bits per heavy atom. The van der Waals surface area contributed by atoms with E-state index in [0.717, 1.165) is 6.54 Å². The summed E-state index contributed by atoms with van der Waals surface area (Å²) in [5.74, 6) is -0.287. The molecular weight excluding hydrogens is 272 g/mol. The van der Waals surface area contributed by atoms with E-state index in [1.54, 1.807) is 19.2 Å². The molecule has 2 N–H and O–H groups in total. The van der Waals surface area contributed by atoms with Gasteiger partial charge in [-0.3, -0.25) is 14.9 Å². The molecule has 1 aliphatic rings. The van der Waals surface area contributed by atoms with Crippen LogP contribution in [0.15, 0.2) is 18.2 Å². The lowest BCUT2D eigenvalue weighted by Crippen LogP contribution is -2.34. The van der Waals surface area contributed by atoms with Crippen molar-refractivity contribution in [3.8, 4) is 0 Å². The summed E-state index contributed by atoms with van der Waals surface area (Å²) in [5, 5.41) is 16.5. The molecule has 1 aromatic carbocycles. The first kappa shape index (κ1) is 15.2. The van der Waals surface area contributed by atoms with Gasteiger partial charge in [-0.15, -0.1) is 0 Å². The van der Waals surface area contributed by atoms with Crippen LogP contribution in [0.2, 0.25) is 0 Å². The topological polar surface area (TPSA) is 87.5 Å². The second-order valence-corrected chi connectivity index (χ2v) is 5.21. The van der Waals surface area contributed by atoms with Gasteiger partial charge in [0.15, 0.2) is 0 Å².